The molecule has 2 heterocycles. The van der Waals surface area contributed by atoms with E-state index in [-0.39, 0.29) is 12.1 Å². The highest BCUT2D eigenvalue weighted by Crippen LogP contribution is 2.21. The van der Waals surface area contributed by atoms with Gasteiger partial charge in [0.15, 0.2) is 0 Å². The van der Waals surface area contributed by atoms with Crippen LogP contribution in [-0.4, -0.2) is 25.3 Å². The normalized spacial score (nSPS) is 10.9. The Morgan fingerprint density at radius 2 is 2.05 bits per heavy atom. The molecule has 0 amide bonds. The highest BCUT2D eigenvalue weighted by Gasteiger charge is 2.11. The molecule has 1 N–H and O–H groups in total. The van der Waals surface area contributed by atoms with Crippen LogP contribution < -0.4 is 5.56 Å². The lowest BCUT2D eigenvalue weighted by Crippen LogP contribution is -2.24. The lowest BCUT2D eigenvalue weighted by Gasteiger charge is -2.01. The molecule has 0 spiro atoms. The Labute approximate surface area is 119 Å². The number of rotatable bonds is 3. The molecule has 6 heteroatoms. The lowest BCUT2D eigenvalue weighted by atomic mass is 10.1. The minimum absolute atomic E-state index is 0.358. The average molecular weight is 283 g/mol. The molecule has 3 rings (SSSR count). The number of hydrogen-bond acceptors (Lipinski definition) is 3. The van der Waals surface area contributed by atoms with Crippen molar-refractivity contribution in [3.05, 3.63) is 58.6 Å². The van der Waals surface area contributed by atoms with Gasteiger partial charge in [0.05, 0.1) is 5.69 Å². The van der Waals surface area contributed by atoms with E-state index < -0.39 is 5.97 Å². The van der Waals surface area contributed by atoms with Gasteiger partial charge in [-0.25, -0.2) is 4.52 Å². The molecular weight excluding hydrogens is 270 g/mol. The van der Waals surface area contributed by atoms with E-state index in [9.17, 15) is 9.59 Å². The summed E-state index contributed by atoms with van der Waals surface area (Å²) in [6.45, 7) is 1.61. The molecule has 0 saturated carbocycles. The van der Waals surface area contributed by atoms with E-state index in [1.165, 1.54) is 10.7 Å². The summed E-state index contributed by atoms with van der Waals surface area (Å²) in [5.41, 5.74) is 2.69. The van der Waals surface area contributed by atoms with Crippen molar-refractivity contribution in [3.8, 4) is 11.3 Å². The van der Waals surface area contributed by atoms with Crippen LogP contribution in [0.3, 0.4) is 0 Å². The zero-order valence-electron chi connectivity index (χ0n) is 11.4. The fourth-order valence-corrected chi connectivity index (χ4v) is 2.29. The highest BCUT2D eigenvalue weighted by atomic mass is 16.4. The number of nitrogens with zero attached hydrogens (tertiary/aromatic N) is 3. The second kappa shape index (κ2) is 4.90. The van der Waals surface area contributed by atoms with Crippen molar-refractivity contribution in [1.82, 2.24) is 14.2 Å². The molecule has 3 aromatic rings. The van der Waals surface area contributed by atoms with Gasteiger partial charge in [-0.15, -0.1) is 0 Å². The summed E-state index contributed by atoms with van der Waals surface area (Å²) in [7, 11) is 0. The summed E-state index contributed by atoms with van der Waals surface area (Å²) in [5, 5.41) is 13.2. The third-order valence-electron chi connectivity index (χ3n) is 3.33. The van der Waals surface area contributed by atoms with Gasteiger partial charge in [-0.2, -0.15) is 5.10 Å². The Bertz CT molecular complexity index is 893. The lowest BCUT2D eigenvalue weighted by molar-refractivity contribution is -0.137. The number of carbonyl (C=O) groups is 1. The smallest absolute Gasteiger partial charge is 0.323 e. The van der Waals surface area contributed by atoms with Gasteiger partial charge in [0, 0.05) is 18.0 Å². The van der Waals surface area contributed by atoms with Crippen LogP contribution in [0.25, 0.3) is 16.8 Å². The molecule has 2 aromatic heterocycles. The third kappa shape index (κ3) is 2.31. The SMILES string of the molecule is Cc1ccccc1-c1cc2c(=O)n(CC(=O)O)ccn2n1. The topological polar surface area (TPSA) is 76.6 Å². The molecule has 0 saturated heterocycles. The van der Waals surface area contributed by atoms with Gasteiger partial charge in [-0.3, -0.25) is 9.59 Å². The van der Waals surface area contributed by atoms with Gasteiger partial charge in [-0.05, 0) is 18.6 Å². The number of carboxylic acids is 1. The Morgan fingerprint density at radius 3 is 2.76 bits per heavy atom. The van der Waals surface area contributed by atoms with E-state index in [1.807, 2.05) is 31.2 Å². The van der Waals surface area contributed by atoms with Crippen molar-refractivity contribution >= 4 is 11.5 Å². The van der Waals surface area contributed by atoms with E-state index in [1.54, 1.807) is 12.3 Å². The first kappa shape index (κ1) is 13.1. The van der Waals surface area contributed by atoms with E-state index in [0.717, 1.165) is 15.7 Å². The van der Waals surface area contributed by atoms with Crippen molar-refractivity contribution in [1.29, 1.82) is 0 Å². The van der Waals surface area contributed by atoms with Gasteiger partial charge in [0.25, 0.3) is 5.56 Å². The Kier molecular flexibility index (Phi) is 3.06. The van der Waals surface area contributed by atoms with Crippen LogP contribution in [0.2, 0.25) is 0 Å². The molecule has 0 atom stereocenters. The number of carboxylic acid groups (broad SMARTS) is 1. The second-order valence-corrected chi connectivity index (χ2v) is 4.80. The molecule has 0 unspecified atom stereocenters. The summed E-state index contributed by atoms with van der Waals surface area (Å²) < 4.78 is 2.63. The number of benzene rings is 1. The standard InChI is InChI=1S/C15H13N3O3/c1-10-4-2-3-5-11(10)12-8-13-15(21)17(9-14(19)20)6-7-18(13)16-12/h2-8H,9H2,1H3,(H,19,20). The van der Waals surface area contributed by atoms with Crippen LogP contribution in [0.4, 0.5) is 0 Å². The van der Waals surface area contributed by atoms with E-state index in [2.05, 4.69) is 5.10 Å². The van der Waals surface area contributed by atoms with Crippen molar-refractivity contribution in [2.45, 2.75) is 13.5 Å². The molecule has 0 aliphatic carbocycles. The van der Waals surface area contributed by atoms with Crippen LogP contribution in [0, 0.1) is 6.92 Å². The largest absolute Gasteiger partial charge is 0.480 e. The average Bonchev–Trinajstić information content (AvgIpc) is 2.87. The summed E-state index contributed by atoms with van der Waals surface area (Å²) in [6.07, 6.45) is 3.01. The second-order valence-electron chi connectivity index (χ2n) is 4.80. The Hall–Kier alpha value is -2.89. The summed E-state index contributed by atoms with van der Waals surface area (Å²) in [5.74, 6) is -1.06. The zero-order chi connectivity index (χ0) is 15.0. The summed E-state index contributed by atoms with van der Waals surface area (Å²) in [4.78, 5) is 23.0. The van der Waals surface area contributed by atoms with Crippen molar-refractivity contribution < 1.29 is 9.90 Å². The van der Waals surface area contributed by atoms with Crippen LogP contribution in [-0.2, 0) is 11.3 Å². The Morgan fingerprint density at radius 1 is 1.29 bits per heavy atom. The quantitative estimate of drug-likeness (QED) is 0.791. The fourth-order valence-electron chi connectivity index (χ4n) is 2.29. The van der Waals surface area contributed by atoms with E-state index >= 15 is 0 Å². The first-order valence-electron chi connectivity index (χ1n) is 6.43. The van der Waals surface area contributed by atoms with Gasteiger partial charge in [0.2, 0.25) is 0 Å². The maximum absolute atomic E-state index is 12.2. The van der Waals surface area contributed by atoms with Crippen LogP contribution in [0.1, 0.15) is 5.56 Å². The van der Waals surface area contributed by atoms with Gasteiger partial charge in [0.1, 0.15) is 12.1 Å². The number of aliphatic carboxylic acids is 1. The Balaban J connectivity index is 2.17. The van der Waals surface area contributed by atoms with Gasteiger partial charge < -0.3 is 9.67 Å². The maximum atomic E-state index is 12.2. The fraction of sp³-hybridized carbons (Fsp3) is 0.133. The molecule has 6 nitrogen and oxygen atoms in total. The van der Waals surface area contributed by atoms with Crippen LogP contribution >= 0.6 is 0 Å². The molecule has 1 aromatic carbocycles. The number of aromatic nitrogens is 3. The number of hydrogen-bond donors (Lipinski definition) is 1. The molecule has 0 fully saturated rings. The minimum Gasteiger partial charge on any atom is -0.480 e. The van der Waals surface area contributed by atoms with Crippen molar-refractivity contribution in [3.63, 3.8) is 0 Å². The van der Waals surface area contributed by atoms with E-state index in [0.29, 0.717) is 11.2 Å². The predicted molar refractivity (Wildman–Crippen MR) is 77.3 cm³/mol. The number of fused-ring (bicyclic) bond motifs is 1. The molecule has 106 valence electrons. The summed E-state index contributed by atoms with van der Waals surface area (Å²) >= 11 is 0. The van der Waals surface area contributed by atoms with Crippen LogP contribution in [0.5, 0.6) is 0 Å². The monoisotopic (exact) mass is 283 g/mol. The maximum Gasteiger partial charge on any atom is 0.323 e. The predicted octanol–water partition coefficient (Wildman–Crippen LogP) is 1.56. The van der Waals surface area contributed by atoms with Gasteiger partial charge >= 0.3 is 5.97 Å². The van der Waals surface area contributed by atoms with Gasteiger partial charge in [-0.1, -0.05) is 24.3 Å². The molecule has 0 radical (unpaired) electrons. The zero-order valence-corrected chi connectivity index (χ0v) is 11.4. The van der Waals surface area contributed by atoms with E-state index in [4.69, 9.17) is 5.11 Å². The third-order valence-corrected chi connectivity index (χ3v) is 3.33. The highest BCUT2D eigenvalue weighted by molar-refractivity contribution is 5.69. The molecule has 21 heavy (non-hydrogen) atoms. The van der Waals surface area contributed by atoms with Crippen molar-refractivity contribution in [2.24, 2.45) is 0 Å². The molecular formula is C15H13N3O3. The van der Waals surface area contributed by atoms with Crippen molar-refractivity contribution in [2.75, 3.05) is 0 Å². The van der Waals surface area contributed by atoms with Crippen LogP contribution in [0.15, 0.2) is 47.5 Å². The molecule has 0 aliphatic heterocycles. The first-order valence-corrected chi connectivity index (χ1v) is 6.43. The molecule has 0 bridgehead atoms. The first-order chi connectivity index (χ1) is 10.1. The number of aryl methyl sites for hydroxylation is 1. The minimum atomic E-state index is -1.06. The summed E-state index contributed by atoms with van der Waals surface area (Å²) in [6, 6.07) is 9.45. The molecule has 0 aliphatic rings.